The van der Waals surface area contributed by atoms with Gasteiger partial charge in [0.25, 0.3) is 0 Å². The molecular weight excluding hydrogens is 388 g/mol. The summed E-state index contributed by atoms with van der Waals surface area (Å²) >= 11 is 0. The SMILES string of the molecule is CC(C)N(C(=O)[C@H]1CC[C@H]2[C@@H]3CC[C@H]4C=C([N+](=O)[O-])CC[C@]4(C)[C@H]3CC[C@]12C)C(C)C. The van der Waals surface area contributed by atoms with Crippen LogP contribution in [0.4, 0.5) is 0 Å². The molecule has 0 heterocycles. The van der Waals surface area contributed by atoms with E-state index in [4.69, 9.17) is 0 Å². The maximum Gasteiger partial charge on any atom is 0.242 e. The van der Waals surface area contributed by atoms with E-state index in [0.717, 1.165) is 25.7 Å². The molecule has 0 aliphatic heterocycles. The summed E-state index contributed by atoms with van der Waals surface area (Å²) in [6.45, 7) is 13.4. The van der Waals surface area contributed by atoms with Gasteiger partial charge in [0.15, 0.2) is 0 Å². The first-order valence-corrected chi connectivity index (χ1v) is 12.7. The molecule has 3 fully saturated rings. The Bertz CT molecular complexity index is 767. The minimum atomic E-state index is -0.161. The Morgan fingerprint density at radius 3 is 2.26 bits per heavy atom. The smallest absolute Gasteiger partial charge is 0.242 e. The van der Waals surface area contributed by atoms with Gasteiger partial charge in [0.1, 0.15) is 0 Å². The van der Waals surface area contributed by atoms with Crippen molar-refractivity contribution < 1.29 is 9.72 Å². The van der Waals surface area contributed by atoms with E-state index in [2.05, 4.69) is 46.4 Å². The first kappa shape index (κ1) is 22.8. The molecule has 174 valence electrons. The zero-order valence-electron chi connectivity index (χ0n) is 20.4. The van der Waals surface area contributed by atoms with Crippen LogP contribution in [0, 0.1) is 50.5 Å². The number of carbonyl (C=O) groups excluding carboxylic acids is 1. The first-order valence-electron chi connectivity index (χ1n) is 12.7. The summed E-state index contributed by atoms with van der Waals surface area (Å²) in [7, 11) is 0. The van der Waals surface area contributed by atoms with Crippen molar-refractivity contribution in [2.45, 2.75) is 105 Å². The standard InChI is InChI=1S/C26H42N2O3/c1-16(2)27(17(3)4)24(29)23-10-9-21-20-8-7-18-15-19(28(30)31)11-13-25(18,5)22(20)12-14-26(21,23)6/h15-18,20-23H,7-14H2,1-6H3/t18-,20-,21-,22-,23+,25-,26-/m0/s1. The summed E-state index contributed by atoms with van der Waals surface area (Å²) < 4.78 is 0. The fourth-order valence-electron chi connectivity index (χ4n) is 8.69. The number of carbonyl (C=O) groups is 1. The Morgan fingerprint density at radius 1 is 1.00 bits per heavy atom. The maximum atomic E-state index is 13.7. The van der Waals surface area contributed by atoms with Crippen LogP contribution < -0.4 is 0 Å². The average Bonchev–Trinajstić information content (AvgIpc) is 3.03. The number of amides is 1. The van der Waals surface area contributed by atoms with Crippen molar-refractivity contribution >= 4 is 5.91 Å². The van der Waals surface area contributed by atoms with Crippen molar-refractivity contribution in [1.29, 1.82) is 0 Å². The van der Waals surface area contributed by atoms with Gasteiger partial charge < -0.3 is 4.90 Å². The molecule has 31 heavy (non-hydrogen) atoms. The lowest BCUT2D eigenvalue weighted by Gasteiger charge is -2.59. The zero-order valence-corrected chi connectivity index (χ0v) is 20.4. The number of allylic oxidation sites excluding steroid dienone is 2. The largest absolute Gasteiger partial charge is 0.338 e. The van der Waals surface area contributed by atoms with Gasteiger partial charge in [0, 0.05) is 24.4 Å². The molecular formula is C26H42N2O3. The molecule has 4 rings (SSSR count). The van der Waals surface area contributed by atoms with Crippen LogP contribution in [0.2, 0.25) is 0 Å². The molecule has 0 unspecified atom stereocenters. The van der Waals surface area contributed by atoms with Crippen molar-refractivity contribution in [1.82, 2.24) is 4.90 Å². The number of fused-ring (bicyclic) bond motifs is 5. The summed E-state index contributed by atoms with van der Waals surface area (Å²) in [5.74, 6) is 2.83. The predicted molar refractivity (Wildman–Crippen MR) is 123 cm³/mol. The molecule has 4 aliphatic carbocycles. The van der Waals surface area contributed by atoms with Crippen LogP contribution in [0.25, 0.3) is 0 Å². The molecule has 7 atom stereocenters. The Balaban J connectivity index is 1.58. The van der Waals surface area contributed by atoms with Gasteiger partial charge in [-0.25, -0.2) is 0 Å². The van der Waals surface area contributed by atoms with Crippen LogP contribution in [0.5, 0.6) is 0 Å². The second-order valence-electron chi connectivity index (χ2n) is 12.1. The quantitative estimate of drug-likeness (QED) is 0.402. The van der Waals surface area contributed by atoms with Gasteiger partial charge in [0.05, 0.1) is 4.92 Å². The van der Waals surface area contributed by atoms with E-state index in [1.165, 1.54) is 19.3 Å². The molecule has 3 saturated carbocycles. The lowest BCUT2D eigenvalue weighted by Crippen LogP contribution is -2.54. The van der Waals surface area contributed by atoms with E-state index in [9.17, 15) is 14.9 Å². The Labute approximate surface area is 188 Å². The summed E-state index contributed by atoms with van der Waals surface area (Å²) in [6, 6.07) is 0.483. The first-order chi connectivity index (χ1) is 14.5. The molecule has 0 N–H and O–H groups in total. The van der Waals surface area contributed by atoms with Crippen LogP contribution in [0.3, 0.4) is 0 Å². The van der Waals surface area contributed by atoms with E-state index >= 15 is 0 Å². The molecule has 5 nitrogen and oxygen atoms in total. The minimum absolute atomic E-state index is 0.111. The number of nitro groups is 1. The van der Waals surface area contributed by atoms with E-state index in [0.29, 0.717) is 41.7 Å². The topological polar surface area (TPSA) is 63.5 Å². The second kappa shape index (κ2) is 7.88. The molecule has 5 heteroatoms. The Hall–Kier alpha value is -1.39. The summed E-state index contributed by atoms with van der Waals surface area (Å²) in [4.78, 5) is 27.0. The summed E-state index contributed by atoms with van der Waals surface area (Å²) in [5.41, 5.74) is 0.740. The maximum absolute atomic E-state index is 13.7. The third kappa shape index (κ3) is 3.45. The molecule has 0 aromatic heterocycles. The third-order valence-corrected chi connectivity index (χ3v) is 10.2. The summed E-state index contributed by atoms with van der Waals surface area (Å²) in [5, 5.41) is 11.4. The fraction of sp³-hybridized carbons (Fsp3) is 0.885. The highest BCUT2D eigenvalue weighted by atomic mass is 16.6. The van der Waals surface area contributed by atoms with E-state index in [-0.39, 0.29) is 33.8 Å². The number of rotatable bonds is 4. The number of hydrogen-bond acceptors (Lipinski definition) is 3. The predicted octanol–water partition coefficient (Wildman–Crippen LogP) is 6.06. The minimum Gasteiger partial charge on any atom is -0.338 e. The van der Waals surface area contributed by atoms with Crippen LogP contribution >= 0.6 is 0 Å². The zero-order chi connectivity index (χ0) is 22.7. The highest BCUT2D eigenvalue weighted by Gasteiger charge is 2.61. The van der Waals surface area contributed by atoms with Crippen LogP contribution in [-0.2, 0) is 4.79 Å². The molecule has 0 spiro atoms. The molecule has 1 amide bonds. The Kier molecular flexibility index (Phi) is 5.79. The van der Waals surface area contributed by atoms with E-state index in [1.807, 2.05) is 6.08 Å². The van der Waals surface area contributed by atoms with Gasteiger partial charge in [-0.1, -0.05) is 13.8 Å². The van der Waals surface area contributed by atoms with Crippen LogP contribution in [0.1, 0.15) is 92.9 Å². The van der Waals surface area contributed by atoms with E-state index in [1.54, 1.807) is 0 Å². The number of hydrogen-bond donors (Lipinski definition) is 0. The van der Waals surface area contributed by atoms with E-state index < -0.39 is 0 Å². The van der Waals surface area contributed by atoms with Crippen molar-refractivity contribution in [2.24, 2.45) is 40.4 Å². The molecule has 0 saturated heterocycles. The van der Waals surface area contributed by atoms with Gasteiger partial charge in [-0.15, -0.1) is 0 Å². The monoisotopic (exact) mass is 430 g/mol. The molecule has 0 bridgehead atoms. The fourth-order valence-corrected chi connectivity index (χ4v) is 8.69. The van der Waals surface area contributed by atoms with Crippen LogP contribution in [-0.4, -0.2) is 27.8 Å². The van der Waals surface area contributed by atoms with Gasteiger partial charge in [-0.2, -0.15) is 0 Å². The molecule has 0 aromatic carbocycles. The van der Waals surface area contributed by atoms with Crippen molar-refractivity contribution in [2.75, 3.05) is 0 Å². The molecule has 0 aromatic rings. The summed E-state index contributed by atoms with van der Waals surface area (Å²) in [6.07, 6.45) is 10.3. The lowest BCUT2D eigenvalue weighted by atomic mass is 9.45. The normalized spacial score (nSPS) is 41.9. The Morgan fingerprint density at radius 2 is 1.65 bits per heavy atom. The number of nitrogens with zero attached hydrogens (tertiary/aromatic N) is 2. The van der Waals surface area contributed by atoms with Gasteiger partial charge in [-0.05, 0) is 113 Å². The van der Waals surface area contributed by atoms with Crippen molar-refractivity contribution in [3.63, 3.8) is 0 Å². The van der Waals surface area contributed by atoms with Crippen LogP contribution in [0.15, 0.2) is 11.8 Å². The van der Waals surface area contributed by atoms with Crippen molar-refractivity contribution in [3.05, 3.63) is 21.9 Å². The van der Waals surface area contributed by atoms with Gasteiger partial charge in [0.2, 0.25) is 11.6 Å². The lowest BCUT2D eigenvalue weighted by molar-refractivity contribution is -0.430. The van der Waals surface area contributed by atoms with Crippen molar-refractivity contribution in [3.8, 4) is 0 Å². The third-order valence-electron chi connectivity index (χ3n) is 10.2. The molecule has 4 aliphatic rings. The van der Waals surface area contributed by atoms with Gasteiger partial charge >= 0.3 is 0 Å². The highest BCUT2D eigenvalue weighted by molar-refractivity contribution is 5.80. The molecule has 0 radical (unpaired) electrons. The second-order valence-corrected chi connectivity index (χ2v) is 12.1. The average molecular weight is 431 g/mol. The van der Waals surface area contributed by atoms with Gasteiger partial charge in [-0.3, -0.25) is 14.9 Å². The highest BCUT2D eigenvalue weighted by Crippen LogP contribution is 2.67.